The van der Waals surface area contributed by atoms with E-state index in [4.69, 9.17) is 9.47 Å². The van der Waals surface area contributed by atoms with Gasteiger partial charge in [0, 0.05) is 0 Å². The van der Waals surface area contributed by atoms with E-state index in [1.54, 1.807) is 31.4 Å². The van der Waals surface area contributed by atoms with Gasteiger partial charge in [-0.05, 0) is 55.2 Å². The van der Waals surface area contributed by atoms with E-state index in [0.717, 1.165) is 22.4 Å². The third-order valence-electron chi connectivity index (χ3n) is 3.80. The fourth-order valence-corrected chi connectivity index (χ4v) is 2.44. The minimum atomic E-state index is -0.859. The zero-order valence-electron chi connectivity index (χ0n) is 13.7. The van der Waals surface area contributed by atoms with Crippen molar-refractivity contribution < 1.29 is 19.4 Å². The first kappa shape index (κ1) is 16.9. The number of aliphatic carboxylic acids is 1. The number of ether oxygens (including phenoxy) is 2. The smallest absolute Gasteiger partial charge is 0.311 e. The molecule has 1 atom stereocenters. The van der Waals surface area contributed by atoms with Crippen molar-refractivity contribution in [3.8, 4) is 11.5 Å². The lowest BCUT2D eigenvalue weighted by Gasteiger charge is -2.15. The van der Waals surface area contributed by atoms with Gasteiger partial charge in [-0.1, -0.05) is 24.3 Å². The molecule has 0 bridgehead atoms. The van der Waals surface area contributed by atoms with Gasteiger partial charge in [0.25, 0.3) is 0 Å². The number of methoxy groups -OCH3 is 1. The maximum Gasteiger partial charge on any atom is 0.311 e. The lowest BCUT2D eigenvalue weighted by Crippen LogP contribution is -2.15. The Morgan fingerprint density at radius 1 is 1.17 bits per heavy atom. The summed E-state index contributed by atoms with van der Waals surface area (Å²) in [6.45, 7) is 4.33. The maximum atomic E-state index is 11.6. The molecule has 23 heavy (non-hydrogen) atoms. The van der Waals surface area contributed by atoms with E-state index in [2.05, 4.69) is 0 Å². The van der Waals surface area contributed by atoms with Gasteiger partial charge < -0.3 is 14.6 Å². The molecule has 122 valence electrons. The first-order valence-corrected chi connectivity index (χ1v) is 7.58. The van der Waals surface area contributed by atoms with Crippen molar-refractivity contribution in [2.45, 2.75) is 26.2 Å². The first-order valence-electron chi connectivity index (χ1n) is 7.58. The van der Waals surface area contributed by atoms with Crippen LogP contribution in [0.2, 0.25) is 0 Å². The van der Waals surface area contributed by atoms with Crippen LogP contribution in [-0.2, 0) is 4.79 Å². The number of benzene rings is 2. The average molecular weight is 314 g/mol. The van der Waals surface area contributed by atoms with Gasteiger partial charge in [0.15, 0.2) is 0 Å². The van der Waals surface area contributed by atoms with Gasteiger partial charge in [0.05, 0.1) is 19.6 Å². The normalized spacial score (nSPS) is 11.8. The number of carboxylic acid groups (broad SMARTS) is 1. The zero-order valence-corrected chi connectivity index (χ0v) is 13.7. The van der Waals surface area contributed by atoms with E-state index in [-0.39, 0.29) is 0 Å². The number of rotatable bonds is 7. The lowest BCUT2D eigenvalue weighted by atomic mass is 9.96. The van der Waals surface area contributed by atoms with Gasteiger partial charge >= 0.3 is 5.97 Å². The summed E-state index contributed by atoms with van der Waals surface area (Å²) in [5.74, 6) is -0.0120. The van der Waals surface area contributed by atoms with Gasteiger partial charge in [-0.25, -0.2) is 0 Å². The van der Waals surface area contributed by atoms with Crippen LogP contribution >= 0.6 is 0 Å². The van der Waals surface area contributed by atoms with Crippen LogP contribution in [0.5, 0.6) is 11.5 Å². The van der Waals surface area contributed by atoms with Crippen molar-refractivity contribution in [1.29, 1.82) is 0 Å². The Balaban J connectivity index is 2.05. The Labute approximate surface area is 136 Å². The van der Waals surface area contributed by atoms with E-state index in [0.29, 0.717) is 18.8 Å². The minimum Gasteiger partial charge on any atom is -0.497 e. The van der Waals surface area contributed by atoms with E-state index in [1.807, 2.05) is 32.0 Å². The van der Waals surface area contributed by atoms with Crippen LogP contribution < -0.4 is 9.47 Å². The number of carboxylic acids is 1. The van der Waals surface area contributed by atoms with E-state index in [1.165, 1.54) is 0 Å². The molecule has 2 aromatic carbocycles. The van der Waals surface area contributed by atoms with Crippen LogP contribution in [0, 0.1) is 13.8 Å². The molecule has 0 aliphatic heterocycles. The van der Waals surface area contributed by atoms with Crippen LogP contribution in [-0.4, -0.2) is 24.8 Å². The van der Waals surface area contributed by atoms with E-state index >= 15 is 0 Å². The number of hydrogen-bond donors (Lipinski definition) is 1. The van der Waals surface area contributed by atoms with E-state index < -0.39 is 11.9 Å². The Kier molecular flexibility index (Phi) is 5.63. The summed E-state index contributed by atoms with van der Waals surface area (Å²) >= 11 is 0. The zero-order chi connectivity index (χ0) is 16.8. The second kappa shape index (κ2) is 7.68. The van der Waals surface area contributed by atoms with Crippen LogP contribution in [0.3, 0.4) is 0 Å². The van der Waals surface area contributed by atoms with Crippen molar-refractivity contribution in [3.05, 3.63) is 59.2 Å². The number of aryl methyl sites for hydroxylation is 2. The quantitative estimate of drug-likeness (QED) is 0.840. The summed E-state index contributed by atoms with van der Waals surface area (Å²) < 4.78 is 10.9. The highest BCUT2D eigenvalue weighted by atomic mass is 16.5. The molecule has 0 amide bonds. The molecule has 1 N–H and O–H groups in total. The molecule has 4 heteroatoms. The van der Waals surface area contributed by atoms with Gasteiger partial charge in [0.1, 0.15) is 11.5 Å². The SMILES string of the molecule is COc1cccc(C(CCOc2cc(C)ccc2C)C(=O)O)c1. The number of carbonyl (C=O) groups is 1. The Morgan fingerprint density at radius 2 is 1.96 bits per heavy atom. The largest absolute Gasteiger partial charge is 0.497 e. The predicted octanol–water partition coefficient (Wildman–Crippen LogP) is 3.95. The molecule has 2 rings (SSSR count). The molecule has 0 saturated carbocycles. The molecular weight excluding hydrogens is 292 g/mol. The summed E-state index contributed by atoms with van der Waals surface area (Å²) in [5, 5.41) is 9.49. The lowest BCUT2D eigenvalue weighted by molar-refractivity contribution is -0.139. The standard InChI is InChI=1S/C19H22O4/c1-13-7-8-14(2)18(11-13)23-10-9-17(19(20)21)15-5-4-6-16(12-15)22-3/h4-8,11-12,17H,9-10H2,1-3H3,(H,20,21). The van der Waals surface area contributed by atoms with Crippen molar-refractivity contribution in [2.24, 2.45) is 0 Å². The van der Waals surface area contributed by atoms with Gasteiger partial charge in [-0.15, -0.1) is 0 Å². The summed E-state index contributed by atoms with van der Waals surface area (Å²) in [4.78, 5) is 11.6. The first-order chi connectivity index (χ1) is 11.0. The van der Waals surface area contributed by atoms with E-state index in [9.17, 15) is 9.90 Å². The molecule has 0 saturated heterocycles. The topological polar surface area (TPSA) is 55.8 Å². The highest BCUT2D eigenvalue weighted by Crippen LogP contribution is 2.25. The molecule has 1 unspecified atom stereocenters. The highest BCUT2D eigenvalue weighted by Gasteiger charge is 2.20. The summed E-state index contributed by atoms with van der Waals surface area (Å²) in [7, 11) is 1.57. The summed E-state index contributed by atoms with van der Waals surface area (Å²) in [6, 6.07) is 13.2. The second-order valence-electron chi connectivity index (χ2n) is 5.57. The molecule has 0 heterocycles. The average Bonchev–Trinajstić information content (AvgIpc) is 2.54. The molecule has 0 spiro atoms. The van der Waals surface area contributed by atoms with Gasteiger partial charge in [0.2, 0.25) is 0 Å². The molecule has 0 aromatic heterocycles. The second-order valence-corrected chi connectivity index (χ2v) is 5.57. The van der Waals surface area contributed by atoms with Gasteiger partial charge in [-0.3, -0.25) is 4.79 Å². The van der Waals surface area contributed by atoms with Gasteiger partial charge in [-0.2, -0.15) is 0 Å². The fraction of sp³-hybridized carbons (Fsp3) is 0.316. The van der Waals surface area contributed by atoms with Crippen LogP contribution in [0.1, 0.15) is 29.0 Å². The molecule has 0 aliphatic carbocycles. The molecule has 0 fully saturated rings. The maximum absolute atomic E-state index is 11.6. The Hall–Kier alpha value is -2.49. The minimum absolute atomic E-state index is 0.346. The molecule has 0 aliphatic rings. The summed E-state index contributed by atoms with van der Waals surface area (Å²) in [5.41, 5.74) is 2.89. The van der Waals surface area contributed by atoms with Crippen LogP contribution in [0.4, 0.5) is 0 Å². The Morgan fingerprint density at radius 3 is 2.65 bits per heavy atom. The van der Waals surface area contributed by atoms with Crippen LogP contribution in [0.15, 0.2) is 42.5 Å². The van der Waals surface area contributed by atoms with Crippen molar-refractivity contribution in [2.75, 3.05) is 13.7 Å². The molecule has 2 aromatic rings. The summed E-state index contributed by atoms with van der Waals surface area (Å²) in [6.07, 6.45) is 0.399. The van der Waals surface area contributed by atoms with Crippen molar-refractivity contribution >= 4 is 5.97 Å². The fourth-order valence-electron chi connectivity index (χ4n) is 2.44. The molecular formula is C19H22O4. The third kappa shape index (κ3) is 4.49. The van der Waals surface area contributed by atoms with Crippen molar-refractivity contribution in [3.63, 3.8) is 0 Å². The third-order valence-corrected chi connectivity index (χ3v) is 3.80. The predicted molar refractivity (Wildman–Crippen MR) is 89.4 cm³/mol. The number of hydrogen-bond acceptors (Lipinski definition) is 3. The molecule has 0 radical (unpaired) electrons. The highest BCUT2D eigenvalue weighted by molar-refractivity contribution is 5.76. The molecule has 4 nitrogen and oxygen atoms in total. The Bertz CT molecular complexity index is 679. The van der Waals surface area contributed by atoms with Crippen LogP contribution in [0.25, 0.3) is 0 Å². The monoisotopic (exact) mass is 314 g/mol. The van der Waals surface area contributed by atoms with Crippen molar-refractivity contribution in [1.82, 2.24) is 0 Å².